The first-order chi connectivity index (χ1) is 10.1. The Hall–Kier alpha value is -2.69. The molecule has 2 aromatic carbocycles. The second-order valence-electron chi connectivity index (χ2n) is 4.74. The number of methoxy groups -OCH3 is 1. The molecule has 108 valence electrons. The van der Waals surface area contributed by atoms with Crippen LogP contribution in [0.1, 0.15) is 6.92 Å². The average molecular weight is 284 g/mol. The zero-order valence-corrected chi connectivity index (χ0v) is 11.9. The first kappa shape index (κ1) is 13.3. The monoisotopic (exact) mass is 284 g/mol. The molecule has 0 aliphatic carbocycles. The van der Waals surface area contributed by atoms with E-state index in [0.717, 1.165) is 34.7 Å². The molecule has 0 radical (unpaired) electrons. The van der Waals surface area contributed by atoms with E-state index in [9.17, 15) is 10.2 Å². The number of hydrogen-bond acceptors (Lipinski definition) is 4. The molecule has 5 heteroatoms. The largest absolute Gasteiger partial charge is 0.504 e. The Morgan fingerprint density at radius 3 is 2.57 bits per heavy atom. The van der Waals surface area contributed by atoms with Crippen LogP contribution in [0.2, 0.25) is 0 Å². The van der Waals surface area contributed by atoms with Gasteiger partial charge in [-0.2, -0.15) is 0 Å². The maximum Gasteiger partial charge on any atom is 0.158 e. The van der Waals surface area contributed by atoms with Crippen molar-refractivity contribution in [1.82, 2.24) is 9.55 Å². The van der Waals surface area contributed by atoms with Crippen molar-refractivity contribution < 1.29 is 14.9 Å². The average Bonchev–Trinajstić information content (AvgIpc) is 2.87. The molecule has 0 saturated carbocycles. The molecule has 1 aromatic heterocycles. The summed E-state index contributed by atoms with van der Waals surface area (Å²) in [5, 5.41) is 19.1. The van der Waals surface area contributed by atoms with Crippen molar-refractivity contribution in [2.45, 2.75) is 13.5 Å². The third-order valence-electron chi connectivity index (χ3n) is 3.51. The summed E-state index contributed by atoms with van der Waals surface area (Å²) < 4.78 is 7.28. The Labute approximate surface area is 122 Å². The first-order valence-electron chi connectivity index (χ1n) is 6.70. The van der Waals surface area contributed by atoms with Gasteiger partial charge in [0.05, 0.1) is 18.1 Å². The smallest absolute Gasteiger partial charge is 0.158 e. The number of aryl methyl sites for hydroxylation is 1. The van der Waals surface area contributed by atoms with Crippen LogP contribution in [-0.2, 0) is 6.54 Å². The van der Waals surface area contributed by atoms with Crippen molar-refractivity contribution in [3.05, 3.63) is 36.4 Å². The molecule has 0 aliphatic rings. The molecule has 0 spiro atoms. The molecule has 0 unspecified atom stereocenters. The predicted octanol–water partition coefficient (Wildman–Crippen LogP) is 3.14. The Kier molecular flexibility index (Phi) is 3.17. The van der Waals surface area contributed by atoms with E-state index in [-0.39, 0.29) is 11.5 Å². The zero-order valence-electron chi connectivity index (χ0n) is 11.9. The minimum Gasteiger partial charge on any atom is -0.504 e. The van der Waals surface area contributed by atoms with Crippen LogP contribution in [0.25, 0.3) is 22.4 Å². The number of imidazole rings is 1. The molecular weight excluding hydrogens is 268 g/mol. The fourth-order valence-corrected chi connectivity index (χ4v) is 2.44. The van der Waals surface area contributed by atoms with Gasteiger partial charge < -0.3 is 19.5 Å². The van der Waals surface area contributed by atoms with E-state index in [4.69, 9.17) is 4.74 Å². The summed E-state index contributed by atoms with van der Waals surface area (Å²) in [5.74, 6) is 1.21. The van der Waals surface area contributed by atoms with Crippen molar-refractivity contribution in [2.75, 3.05) is 7.11 Å². The van der Waals surface area contributed by atoms with Gasteiger partial charge in [-0.1, -0.05) is 0 Å². The highest BCUT2D eigenvalue weighted by Gasteiger charge is 2.13. The summed E-state index contributed by atoms with van der Waals surface area (Å²) in [5.41, 5.74) is 2.59. The molecule has 5 nitrogen and oxygen atoms in total. The fraction of sp³-hybridized carbons (Fsp3) is 0.188. The van der Waals surface area contributed by atoms with Gasteiger partial charge in [0, 0.05) is 18.2 Å². The summed E-state index contributed by atoms with van der Waals surface area (Å²) >= 11 is 0. The van der Waals surface area contributed by atoms with Gasteiger partial charge in [-0.3, -0.25) is 0 Å². The van der Waals surface area contributed by atoms with Crippen molar-refractivity contribution in [3.8, 4) is 28.6 Å². The predicted molar refractivity (Wildman–Crippen MR) is 80.7 cm³/mol. The second-order valence-corrected chi connectivity index (χ2v) is 4.74. The topological polar surface area (TPSA) is 67.5 Å². The summed E-state index contributed by atoms with van der Waals surface area (Å²) in [6.07, 6.45) is 0. The molecule has 3 rings (SSSR count). The van der Waals surface area contributed by atoms with Crippen LogP contribution >= 0.6 is 0 Å². The molecule has 0 fully saturated rings. The van der Waals surface area contributed by atoms with Crippen LogP contribution < -0.4 is 4.74 Å². The highest BCUT2D eigenvalue weighted by Crippen LogP contribution is 2.32. The normalized spacial score (nSPS) is 11.0. The van der Waals surface area contributed by atoms with Gasteiger partial charge in [-0.05, 0) is 37.3 Å². The third kappa shape index (κ3) is 2.16. The lowest BCUT2D eigenvalue weighted by atomic mass is 10.2. The van der Waals surface area contributed by atoms with Crippen LogP contribution in [0.5, 0.6) is 17.2 Å². The van der Waals surface area contributed by atoms with Crippen LogP contribution in [0.15, 0.2) is 36.4 Å². The number of phenolic OH excluding ortho intramolecular Hbond substituents is 2. The lowest BCUT2D eigenvalue weighted by molar-refractivity contribution is 0.404. The number of fused-ring (bicyclic) bond motifs is 1. The van der Waals surface area contributed by atoms with E-state index in [1.54, 1.807) is 13.2 Å². The highest BCUT2D eigenvalue weighted by molar-refractivity contribution is 5.82. The summed E-state index contributed by atoms with van der Waals surface area (Å²) in [4.78, 5) is 4.62. The molecule has 0 amide bonds. The maximum absolute atomic E-state index is 9.68. The fourth-order valence-electron chi connectivity index (χ4n) is 2.44. The minimum absolute atomic E-state index is 0.139. The number of rotatable bonds is 3. The SMILES string of the molecule is CCn1c(-c2ccc(O)c(O)c2)nc2cc(OC)ccc21. The number of aromatic hydroxyl groups is 2. The molecule has 0 saturated heterocycles. The van der Waals surface area contributed by atoms with Gasteiger partial charge in [0.1, 0.15) is 11.6 Å². The van der Waals surface area contributed by atoms with Crippen LogP contribution in [-0.4, -0.2) is 26.9 Å². The Morgan fingerprint density at radius 2 is 1.90 bits per heavy atom. The quantitative estimate of drug-likeness (QED) is 0.725. The molecule has 0 aliphatic heterocycles. The number of hydrogen-bond donors (Lipinski definition) is 2. The summed E-state index contributed by atoms with van der Waals surface area (Å²) in [6.45, 7) is 2.79. The van der Waals surface area contributed by atoms with Crippen molar-refractivity contribution in [2.24, 2.45) is 0 Å². The Morgan fingerprint density at radius 1 is 1.10 bits per heavy atom. The Bertz CT molecular complexity index is 809. The van der Waals surface area contributed by atoms with Crippen molar-refractivity contribution in [3.63, 3.8) is 0 Å². The lowest BCUT2D eigenvalue weighted by Crippen LogP contribution is -1.97. The van der Waals surface area contributed by atoms with Crippen LogP contribution in [0.4, 0.5) is 0 Å². The van der Waals surface area contributed by atoms with E-state index in [2.05, 4.69) is 9.55 Å². The van der Waals surface area contributed by atoms with E-state index >= 15 is 0 Å². The summed E-state index contributed by atoms with van der Waals surface area (Å²) in [7, 11) is 1.62. The third-order valence-corrected chi connectivity index (χ3v) is 3.51. The lowest BCUT2D eigenvalue weighted by Gasteiger charge is -2.07. The van der Waals surface area contributed by atoms with E-state index in [1.165, 1.54) is 12.1 Å². The van der Waals surface area contributed by atoms with Crippen LogP contribution in [0.3, 0.4) is 0 Å². The molecular formula is C16H16N2O3. The number of benzene rings is 2. The van der Waals surface area contributed by atoms with E-state index < -0.39 is 0 Å². The van der Waals surface area contributed by atoms with Crippen molar-refractivity contribution >= 4 is 11.0 Å². The second kappa shape index (κ2) is 5.01. The first-order valence-corrected chi connectivity index (χ1v) is 6.70. The van der Waals surface area contributed by atoms with Gasteiger partial charge in [-0.15, -0.1) is 0 Å². The molecule has 2 N–H and O–H groups in total. The van der Waals surface area contributed by atoms with Crippen LogP contribution in [0, 0.1) is 0 Å². The van der Waals surface area contributed by atoms with Gasteiger partial charge in [0.15, 0.2) is 11.5 Å². The zero-order chi connectivity index (χ0) is 15.0. The molecule has 0 bridgehead atoms. The Balaban J connectivity index is 2.23. The molecule has 21 heavy (non-hydrogen) atoms. The van der Waals surface area contributed by atoms with Crippen molar-refractivity contribution in [1.29, 1.82) is 0 Å². The molecule has 1 heterocycles. The maximum atomic E-state index is 9.68. The number of ether oxygens (including phenoxy) is 1. The minimum atomic E-state index is -0.153. The van der Waals surface area contributed by atoms with Gasteiger partial charge in [0.25, 0.3) is 0 Å². The van der Waals surface area contributed by atoms with E-state index in [1.807, 2.05) is 25.1 Å². The van der Waals surface area contributed by atoms with Gasteiger partial charge in [0.2, 0.25) is 0 Å². The van der Waals surface area contributed by atoms with Gasteiger partial charge in [-0.25, -0.2) is 4.98 Å². The molecule has 3 aromatic rings. The van der Waals surface area contributed by atoms with Gasteiger partial charge >= 0.3 is 0 Å². The number of nitrogens with zero attached hydrogens (tertiary/aromatic N) is 2. The number of aromatic nitrogens is 2. The summed E-state index contributed by atoms with van der Waals surface area (Å²) in [6, 6.07) is 10.5. The number of phenols is 2. The highest BCUT2D eigenvalue weighted by atomic mass is 16.5. The standard InChI is InChI=1S/C16H16N2O3/c1-3-18-13-6-5-11(21-2)9-12(13)17-16(18)10-4-7-14(19)15(20)8-10/h4-9,19-20H,3H2,1-2H3. The van der Waals surface area contributed by atoms with E-state index in [0.29, 0.717) is 0 Å². The molecule has 0 atom stereocenters.